The van der Waals surface area contributed by atoms with Gasteiger partial charge in [0.25, 0.3) is 0 Å². The Bertz CT molecular complexity index is 383. The molecule has 3 unspecified atom stereocenters. The minimum absolute atomic E-state index is 0.00935. The smallest absolute Gasteiger partial charge is 0.323 e. The Morgan fingerprint density at radius 3 is 2.14 bits per heavy atom. The average Bonchev–Trinajstić information content (AvgIpc) is 3.05. The zero-order chi connectivity index (χ0) is 15.6. The molecule has 2 aliphatic rings. The zero-order valence-corrected chi connectivity index (χ0v) is 13.4. The van der Waals surface area contributed by atoms with Gasteiger partial charge in [-0.3, -0.25) is 14.5 Å². The highest BCUT2D eigenvalue weighted by Crippen LogP contribution is 2.29. The molecule has 1 aliphatic carbocycles. The van der Waals surface area contributed by atoms with Gasteiger partial charge in [-0.25, -0.2) is 0 Å². The van der Waals surface area contributed by atoms with Gasteiger partial charge in [-0.2, -0.15) is 0 Å². The van der Waals surface area contributed by atoms with Crippen LogP contribution in [-0.4, -0.2) is 57.5 Å². The second-order valence-electron chi connectivity index (χ2n) is 6.70. The van der Waals surface area contributed by atoms with Crippen molar-refractivity contribution in [3.8, 4) is 0 Å². The van der Waals surface area contributed by atoms with Crippen molar-refractivity contribution in [3.05, 3.63) is 0 Å². The van der Waals surface area contributed by atoms with Crippen molar-refractivity contribution in [2.24, 2.45) is 0 Å². The van der Waals surface area contributed by atoms with E-state index < -0.39 is 5.97 Å². The highest BCUT2D eigenvalue weighted by Gasteiger charge is 2.38. The van der Waals surface area contributed by atoms with E-state index in [1.165, 1.54) is 0 Å². The number of likely N-dealkylation sites (tertiary alicyclic amines) is 1. The summed E-state index contributed by atoms with van der Waals surface area (Å²) in [5.74, 6) is -0.921. The predicted octanol–water partition coefficient (Wildman–Crippen LogP) is 2.10. The number of nitrogens with zero attached hydrogens (tertiary/aromatic N) is 2. The molecule has 120 valence electrons. The van der Waals surface area contributed by atoms with E-state index in [2.05, 4.69) is 18.7 Å². The molecule has 3 atom stereocenters. The number of aliphatic carboxylic acids is 1. The van der Waals surface area contributed by atoms with Crippen molar-refractivity contribution in [3.63, 3.8) is 0 Å². The van der Waals surface area contributed by atoms with E-state index in [-0.39, 0.29) is 24.5 Å². The van der Waals surface area contributed by atoms with Crippen LogP contribution in [0.15, 0.2) is 0 Å². The summed E-state index contributed by atoms with van der Waals surface area (Å²) in [6.07, 6.45) is 6.30. The minimum atomic E-state index is -0.912. The third-order valence-electron chi connectivity index (χ3n) is 5.18. The van der Waals surface area contributed by atoms with E-state index in [0.717, 1.165) is 38.5 Å². The molecule has 21 heavy (non-hydrogen) atoms. The highest BCUT2D eigenvalue weighted by molar-refractivity contribution is 5.85. The Labute approximate surface area is 127 Å². The number of carboxylic acid groups (broad SMARTS) is 1. The van der Waals surface area contributed by atoms with Gasteiger partial charge in [-0.15, -0.1) is 0 Å². The molecule has 0 spiro atoms. The number of hydrogen-bond donors (Lipinski definition) is 1. The molecule has 2 rings (SSSR count). The van der Waals surface area contributed by atoms with Gasteiger partial charge < -0.3 is 10.0 Å². The molecule has 1 aliphatic heterocycles. The summed E-state index contributed by atoms with van der Waals surface area (Å²) in [6.45, 7) is 6.09. The fourth-order valence-corrected chi connectivity index (χ4v) is 4.09. The summed E-state index contributed by atoms with van der Waals surface area (Å²) in [5, 5.41) is 9.14. The summed E-state index contributed by atoms with van der Waals surface area (Å²) in [4.78, 5) is 27.9. The first kappa shape index (κ1) is 16.3. The predicted molar refractivity (Wildman–Crippen MR) is 81.1 cm³/mol. The molecule has 1 N–H and O–H groups in total. The van der Waals surface area contributed by atoms with Gasteiger partial charge in [0.05, 0.1) is 6.04 Å². The van der Waals surface area contributed by atoms with Crippen LogP contribution in [0.4, 0.5) is 0 Å². The van der Waals surface area contributed by atoms with Crippen LogP contribution >= 0.6 is 0 Å². The second-order valence-corrected chi connectivity index (χ2v) is 6.70. The van der Waals surface area contributed by atoms with E-state index in [9.17, 15) is 9.59 Å². The van der Waals surface area contributed by atoms with E-state index >= 15 is 0 Å². The Hall–Kier alpha value is -1.10. The summed E-state index contributed by atoms with van der Waals surface area (Å²) in [5.41, 5.74) is 0. The third kappa shape index (κ3) is 3.57. The lowest BCUT2D eigenvalue weighted by atomic mass is 10.1. The molecule has 1 saturated carbocycles. The quantitative estimate of drug-likeness (QED) is 0.844. The van der Waals surface area contributed by atoms with Crippen LogP contribution in [-0.2, 0) is 9.59 Å². The maximum atomic E-state index is 12.9. The molecule has 2 fully saturated rings. The Kier molecular flexibility index (Phi) is 5.25. The molecule has 0 radical (unpaired) electrons. The maximum absolute atomic E-state index is 12.9. The molecule has 1 saturated heterocycles. The van der Waals surface area contributed by atoms with Crippen molar-refractivity contribution in [2.75, 3.05) is 6.54 Å². The van der Waals surface area contributed by atoms with Crippen molar-refractivity contribution >= 4 is 11.9 Å². The molecule has 0 aromatic rings. The number of carbonyl (C=O) groups is 2. The van der Waals surface area contributed by atoms with Crippen molar-refractivity contribution in [1.82, 2.24) is 9.80 Å². The zero-order valence-electron chi connectivity index (χ0n) is 13.4. The van der Waals surface area contributed by atoms with Crippen LogP contribution in [0, 0.1) is 0 Å². The Morgan fingerprint density at radius 2 is 1.67 bits per heavy atom. The molecular weight excluding hydrogens is 268 g/mol. The van der Waals surface area contributed by atoms with E-state index in [1.807, 2.05) is 6.92 Å². The molecule has 0 aromatic heterocycles. The molecule has 1 amide bonds. The van der Waals surface area contributed by atoms with Crippen LogP contribution < -0.4 is 0 Å². The molecule has 0 bridgehead atoms. The normalized spacial score (nSPS) is 28.7. The van der Waals surface area contributed by atoms with Gasteiger partial charge in [0, 0.05) is 18.1 Å². The molecular formula is C16H28N2O3. The number of carbonyl (C=O) groups excluding carboxylic acids is 1. The van der Waals surface area contributed by atoms with Crippen LogP contribution in [0.2, 0.25) is 0 Å². The summed E-state index contributed by atoms with van der Waals surface area (Å²) >= 11 is 0. The van der Waals surface area contributed by atoms with Crippen molar-refractivity contribution in [1.29, 1.82) is 0 Å². The lowest BCUT2D eigenvalue weighted by molar-refractivity contribution is -0.149. The second kappa shape index (κ2) is 6.77. The molecule has 1 heterocycles. The first-order valence-corrected chi connectivity index (χ1v) is 8.21. The van der Waals surface area contributed by atoms with E-state index in [4.69, 9.17) is 5.11 Å². The largest absolute Gasteiger partial charge is 0.480 e. The standard InChI is InChI=1S/C16H28N2O3/c1-11-8-9-12(2)18(11)13(3)16(21)17(10-15(19)20)14-6-4-5-7-14/h11-14H,4-10H2,1-3H3,(H,19,20). The van der Waals surface area contributed by atoms with Crippen LogP contribution in [0.5, 0.6) is 0 Å². The fourth-order valence-electron chi connectivity index (χ4n) is 4.09. The Morgan fingerprint density at radius 1 is 1.14 bits per heavy atom. The molecule has 0 aromatic carbocycles. The van der Waals surface area contributed by atoms with Crippen LogP contribution in [0.25, 0.3) is 0 Å². The van der Waals surface area contributed by atoms with Gasteiger partial charge in [0.15, 0.2) is 0 Å². The van der Waals surface area contributed by atoms with E-state index in [0.29, 0.717) is 12.1 Å². The van der Waals surface area contributed by atoms with Gasteiger partial charge in [-0.1, -0.05) is 12.8 Å². The maximum Gasteiger partial charge on any atom is 0.323 e. The van der Waals surface area contributed by atoms with Crippen molar-refractivity contribution < 1.29 is 14.7 Å². The molecule has 5 heteroatoms. The molecule has 5 nitrogen and oxygen atoms in total. The summed E-state index contributed by atoms with van der Waals surface area (Å²) in [7, 11) is 0. The lowest BCUT2D eigenvalue weighted by Crippen LogP contribution is -2.53. The lowest BCUT2D eigenvalue weighted by Gasteiger charge is -2.37. The first-order chi connectivity index (χ1) is 9.91. The van der Waals surface area contributed by atoms with Crippen molar-refractivity contribution in [2.45, 2.75) is 83.5 Å². The van der Waals surface area contributed by atoms with Gasteiger partial charge in [0.2, 0.25) is 5.91 Å². The Balaban J connectivity index is 2.10. The van der Waals surface area contributed by atoms with Gasteiger partial charge in [0.1, 0.15) is 6.54 Å². The average molecular weight is 296 g/mol. The number of carboxylic acids is 1. The number of rotatable bonds is 5. The fraction of sp³-hybridized carbons (Fsp3) is 0.875. The third-order valence-corrected chi connectivity index (χ3v) is 5.18. The number of hydrogen-bond acceptors (Lipinski definition) is 3. The minimum Gasteiger partial charge on any atom is -0.480 e. The highest BCUT2D eigenvalue weighted by atomic mass is 16.4. The summed E-state index contributed by atoms with van der Waals surface area (Å²) in [6, 6.07) is 0.685. The first-order valence-electron chi connectivity index (χ1n) is 8.21. The number of amides is 1. The van der Waals surface area contributed by atoms with E-state index in [1.54, 1.807) is 4.90 Å². The SMILES string of the molecule is CC1CCC(C)N1C(C)C(=O)N(CC(=O)O)C1CCCC1. The topological polar surface area (TPSA) is 60.9 Å². The van der Waals surface area contributed by atoms with Gasteiger partial charge >= 0.3 is 5.97 Å². The summed E-state index contributed by atoms with van der Waals surface area (Å²) < 4.78 is 0. The monoisotopic (exact) mass is 296 g/mol. The van der Waals surface area contributed by atoms with Crippen LogP contribution in [0.1, 0.15) is 59.3 Å². The van der Waals surface area contributed by atoms with Gasteiger partial charge in [-0.05, 0) is 46.5 Å². The van der Waals surface area contributed by atoms with Crippen LogP contribution in [0.3, 0.4) is 0 Å².